The summed E-state index contributed by atoms with van der Waals surface area (Å²) in [6, 6.07) is 2.90. The van der Waals surface area contributed by atoms with Crippen LogP contribution in [-0.2, 0) is 14.8 Å². The maximum Gasteiger partial charge on any atom is 0.251 e. The largest absolute Gasteiger partial charge is 0.376 e. The van der Waals surface area contributed by atoms with E-state index in [0.717, 1.165) is 12.1 Å². The first-order valence-electron chi connectivity index (χ1n) is 6.04. The van der Waals surface area contributed by atoms with Crippen molar-refractivity contribution in [2.75, 3.05) is 6.61 Å². The lowest BCUT2D eigenvalue weighted by Gasteiger charge is -2.16. The molecule has 0 spiro atoms. The molecule has 110 valence electrons. The van der Waals surface area contributed by atoms with E-state index in [0.29, 0.717) is 13.0 Å². The van der Waals surface area contributed by atoms with E-state index in [2.05, 4.69) is 5.32 Å². The van der Waals surface area contributed by atoms with Crippen LogP contribution in [0.15, 0.2) is 23.1 Å². The first-order chi connectivity index (χ1) is 9.29. The predicted molar refractivity (Wildman–Crippen MR) is 69.1 cm³/mol. The second kappa shape index (κ2) is 5.47. The Bertz CT molecular complexity index is 632. The molecule has 0 aromatic heterocycles. The van der Waals surface area contributed by atoms with E-state index in [1.165, 1.54) is 6.07 Å². The minimum atomic E-state index is -4.21. The quantitative estimate of drug-likeness (QED) is 0.843. The number of benzene rings is 1. The van der Waals surface area contributed by atoms with E-state index >= 15 is 0 Å². The summed E-state index contributed by atoms with van der Waals surface area (Å²) in [5, 5.41) is 7.61. The molecule has 1 aromatic rings. The number of primary sulfonamides is 1. The van der Waals surface area contributed by atoms with Gasteiger partial charge in [-0.15, -0.1) is 0 Å². The summed E-state index contributed by atoms with van der Waals surface area (Å²) in [5.74, 6) is -1.47. The van der Waals surface area contributed by atoms with Crippen LogP contribution < -0.4 is 10.5 Å². The van der Waals surface area contributed by atoms with Gasteiger partial charge in [0.1, 0.15) is 10.7 Å². The van der Waals surface area contributed by atoms with Crippen molar-refractivity contribution >= 4 is 15.9 Å². The maximum absolute atomic E-state index is 13.4. The van der Waals surface area contributed by atoms with E-state index in [-0.39, 0.29) is 17.7 Å². The topological polar surface area (TPSA) is 98.5 Å². The molecule has 0 radical (unpaired) electrons. The van der Waals surface area contributed by atoms with Gasteiger partial charge in [-0.1, -0.05) is 0 Å². The molecular weight excluding hydrogens is 287 g/mol. The standard InChI is InChI=1S/C12H15FN2O4S/c1-7-10(4-5-19-7)15-12(16)8-2-3-9(13)11(6-8)20(14,17)18/h2-3,6-7,10H,4-5H2,1H3,(H,15,16)(H2,14,17,18). The summed E-state index contributed by atoms with van der Waals surface area (Å²) in [6.45, 7) is 2.39. The number of carbonyl (C=O) groups excluding carboxylic acids is 1. The van der Waals surface area contributed by atoms with Gasteiger partial charge in [-0.25, -0.2) is 17.9 Å². The Kier molecular flexibility index (Phi) is 4.07. The molecular formula is C12H15FN2O4S. The normalized spacial score (nSPS) is 22.8. The van der Waals surface area contributed by atoms with Gasteiger partial charge in [-0.2, -0.15) is 0 Å². The summed E-state index contributed by atoms with van der Waals surface area (Å²) in [7, 11) is -4.21. The van der Waals surface area contributed by atoms with Crippen LogP contribution in [0.2, 0.25) is 0 Å². The number of nitrogens with two attached hydrogens (primary N) is 1. The molecule has 8 heteroatoms. The molecule has 1 aliphatic heterocycles. The number of rotatable bonds is 3. The van der Waals surface area contributed by atoms with Crippen molar-refractivity contribution in [2.24, 2.45) is 5.14 Å². The van der Waals surface area contributed by atoms with Gasteiger partial charge in [0, 0.05) is 12.2 Å². The average Bonchev–Trinajstić information content (AvgIpc) is 2.74. The van der Waals surface area contributed by atoms with Crippen molar-refractivity contribution in [3.05, 3.63) is 29.6 Å². The molecule has 0 saturated carbocycles. The fraction of sp³-hybridized carbons (Fsp3) is 0.417. The lowest BCUT2D eigenvalue weighted by atomic mass is 10.1. The van der Waals surface area contributed by atoms with Crippen LogP contribution in [0, 0.1) is 5.82 Å². The molecule has 1 aromatic carbocycles. The molecule has 0 aliphatic carbocycles. The highest BCUT2D eigenvalue weighted by molar-refractivity contribution is 7.89. The number of hydrogen-bond donors (Lipinski definition) is 2. The Morgan fingerprint density at radius 3 is 2.75 bits per heavy atom. The number of hydrogen-bond acceptors (Lipinski definition) is 4. The predicted octanol–water partition coefficient (Wildman–Crippen LogP) is 0.380. The van der Waals surface area contributed by atoms with Crippen LogP contribution in [0.3, 0.4) is 0 Å². The van der Waals surface area contributed by atoms with Crippen molar-refractivity contribution in [3.63, 3.8) is 0 Å². The van der Waals surface area contributed by atoms with Crippen molar-refractivity contribution in [1.82, 2.24) is 5.32 Å². The third kappa shape index (κ3) is 3.14. The monoisotopic (exact) mass is 302 g/mol. The summed E-state index contributed by atoms with van der Waals surface area (Å²) < 4.78 is 41.1. The van der Waals surface area contributed by atoms with E-state index in [9.17, 15) is 17.6 Å². The van der Waals surface area contributed by atoms with Gasteiger partial charge >= 0.3 is 0 Å². The lowest BCUT2D eigenvalue weighted by molar-refractivity contribution is 0.0866. The van der Waals surface area contributed by atoms with Crippen LogP contribution in [-0.4, -0.2) is 33.1 Å². The van der Waals surface area contributed by atoms with E-state index in [1.807, 2.05) is 6.92 Å². The minimum Gasteiger partial charge on any atom is -0.376 e. The van der Waals surface area contributed by atoms with Crippen LogP contribution in [0.25, 0.3) is 0 Å². The molecule has 0 bridgehead atoms. The third-order valence-corrected chi connectivity index (χ3v) is 4.12. The molecule has 2 rings (SSSR count). The van der Waals surface area contributed by atoms with E-state index in [4.69, 9.17) is 9.88 Å². The van der Waals surface area contributed by atoms with Crippen molar-refractivity contribution in [1.29, 1.82) is 0 Å². The third-order valence-electron chi connectivity index (χ3n) is 3.19. The fourth-order valence-corrected chi connectivity index (χ4v) is 2.67. The first kappa shape index (κ1) is 14.9. The zero-order chi connectivity index (χ0) is 14.9. The zero-order valence-corrected chi connectivity index (χ0v) is 11.6. The Morgan fingerprint density at radius 2 is 2.20 bits per heavy atom. The summed E-state index contributed by atoms with van der Waals surface area (Å²) >= 11 is 0. The van der Waals surface area contributed by atoms with Gasteiger partial charge in [-0.05, 0) is 31.5 Å². The molecule has 2 unspecified atom stereocenters. The number of nitrogens with one attached hydrogen (secondary N) is 1. The van der Waals surface area contributed by atoms with E-state index in [1.54, 1.807) is 0 Å². The van der Waals surface area contributed by atoms with Gasteiger partial charge in [-0.3, -0.25) is 4.79 Å². The molecule has 1 aliphatic rings. The van der Waals surface area contributed by atoms with Gasteiger partial charge in [0.25, 0.3) is 5.91 Å². The first-order valence-corrected chi connectivity index (χ1v) is 7.58. The summed E-state index contributed by atoms with van der Waals surface area (Å²) in [4.78, 5) is 11.3. The average molecular weight is 302 g/mol. The molecule has 20 heavy (non-hydrogen) atoms. The number of halogens is 1. The van der Waals surface area contributed by atoms with Crippen LogP contribution in [0.1, 0.15) is 23.7 Å². The van der Waals surface area contributed by atoms with Crippen molar-refractivity contribution in [3.8, 4) is 0 Å². The number of carbonyl (C=O) groups is 1. The van der Waals surface area contributed by atoms with Gasteiger partial charge in [0.15, 0.2) is 0 Å². The Morgan fingerprint density at radius 1 is 1.50 bits per heavy atom. The molecule has 2 atom stereocenters. The van der Waals surface area contributed by atoms with Gasteiger partial charge < -0.3 is 10.1 Å². The molecule has 1 amide bonds. The summed E-state index contributed by atoms with van der Waals surface area (Å²) in [6.07, 6.45) is 0.563. The van der Waals surface area contributed by atoms with Crippen LogP contribution >= 0.6 is 0 Å². The Labute approximate surface area is 116 Å². The second-order valence-corrected chi connectivity index (χ2v) is 6.16. The SMILES string of the molecule is CC1OCCC1NC(=O)c1ccc(F)c(S(N)(=O)=O)c1. The Hall–Kier alpha value is -1.51. The van der Waals surface area contributed by atoms with Crippen LogP contribution in [0.4, 0.5) is 4.39 Å². The van der Waals surface area contributed by atoms with Gasteiger partial charge in [0.2, 0.25) is 10.0 Å². The fourth-order valence-electron chi connectivity index (χ4n) is 2.04. The lowest BCUT2D eigenvalue weighted by Crippen LogP contribution is -2.39. The highest BCUT2D eigenvalue weighted by atomic mass is 32.2. The smallest absolute Gasteiger partial charge is 0.251 e. The van der Waals surface area contributed by atoms with Gasteiger partial charge in [0.05, 0.1) is 12.1 Å². The van der Waals surface area contributed by atoms with Crippen LogP contribution in [0.5, 0.6) is 0 Å². The zero-order valence-electron chi connectivity index (χ0n) is 10.8. The van der Waals surface area contributed by atoms with E-state index < -0.39 is 26.6 Å². The maximum atomic E-state index is 13.4. The molecule has 1 heterocycles. The molecule has 1 fully saturated rings. The number of amides is 1. The molecule has 3 N–H and O–H groups in total. The molecule has 1 saturated heterocycles. The van der Waals surface area contributed by atoms with Crippen molar-refractivity contribution < 1.29 is 22.3 Å². The number of ether oxygens (including phenoxy) is 1. The highest BCUT2D eigenvalue weighted by Gasteiger charge is 2.26. The molecule has 6 nitrogen and oxygen atoms in total. The number of sulfonamides is 1. The highest BCUT2D eigenvalue weighted by Crippen LogP contribution is 2.17. The van der Waals surface area contributed by atoms with Crippen molar-refractivity contribution in [2.45, 2.75) is 30.4 Å². The second-order valence-electron chi connectivity index (χ2n) is 4.63. The summed E-state index contributed by atoms with van der Waals surface area (Å²) in [5.41, 5.74) is 0.0366. The minimum absolute atomic E-state index is 0.0366. The Balaban J connectivity index is 2.23.